The predicted octanol–water partition coefficient (Wildman–Crippen LogP) is 2.84. The third kappa shape index (κ3) is 3.63. The van der Waals surface area contributed by atoms with Gasteiger partial charge in [0.25, 0.3) is 5.69 Å². The molecule has 2 rings (SSSR count). The Morgan fingerprint density at radius 2 is 2.05 bits per heavy atom. The lowest BCUT2D eigenvalue weighted by Gasteiger charge is -2.19. The molecule has 0 saturated heterocycles. The highest BCUT2D eigenvalue weighted by Crippen LogP contribution is 2.20. The Morgan fingerprint density at radius 3 is 2.68 bits per heavy atom. The third-order valence-electron chi connectivity index (χ3n) is 3.11. The van der Waals surface area contributed by atoms with Gasteiger partial charge >= 0.3 is 6.09 Å². The predicted molar refractivity (Wildman–Crippen MR) is 79.1 cm³/mol. The van der Waals surface area contributed by atoms with Gasteiger partial charge in [-0.25, -0.2) is 9.18 Å². The topological polar surface area (TPSA) is 62.4 Å². The number of carbonyl (C=O) groups excluding carboxylic acids is 1. The minimum Gasteiger partial charge on any atom is -0.444 e. The Hall–Kier alpha value is -2.37. The molecule has 0 spiro atoms. The molecule has 0 aliphatic carbocycles. The molecule has 6 heteroatoms. The highest BCUT2D eigenvalue weighted by Gasteiger charge is 2.21. The molecular weight excluding hydrogens is 287 g/mol. The zero-order valence-electron chi connectivity index (χ0n) is 13.1. The number of alkyl carbamates (subject to hydrolysis) is 1. The Labute approximate surface area is 128 Å². The molecule has 1 aromatic heterocycles. The van der Waals surface area contributed by atoms with Crippen molar-refractivity contribution in [3.63, 3.8) is 0 Å². The summed E-state index contributed by atoms with van der Waals surface area (Å²) >= 11 is 0. The highest BCUT2D eigenvalue weighted by atomic mass is 19.1. The number of aromatic nitrogens is 1. The molecule has 2 aromatic rings. The van der Waals surface area contributed by atoms with Crippen LogP contribution in [0.2, 0.25) is 0 Å². The second kappa shape index (κ2) is 5.79. The van der Waals surface area contributed by atoms with Crippen LogP contribution in [-0.2, 0) is 11.3 Å². The number of carbonyl (C=O) groups is 1. The SMILES string of the molecule is Cc1c[n+](O)c(CNC(=O)OC(C)(C)C)c2ccc(F)cc12. The van der Waals surface area contributed by atoms with E-state index in [1.807, 2.05) is 0 Å². The van der Waals surface area contributed by atoms with E-state index in [0.29, 0.717) is 16.5 Å². The van der Waals surface area contributed by atoms with Crippen molar-refractivity contribution in [3.8, 4) is 0 Å². The number of fused-ring (bicyclic) bond motifs is 1. The molecule has 22 heavy (non-hydrogen) atoms. The van der Waals surface area contributed by atoms with Gasteiger partial charge in [-0.1, -0.05) is 0 Å². The zero-order valence-corrected chi connectivity index (χ0v) is 13.1. The molecule has 5 nitrogen and oxygen atoms in total. The van der Waals surface area contributed by atoms with Gasteiger partial charge in [0.15, 0.2) is 0 Å². The number of pyridine rings is 1. The molecule has 0 saturated carbocycles. The summed E-state index contributed by atoms with van der Waals surface area (Å²) in [6, 6.07) is 4.30. The van der Waals surface area contributed by atoms with Gasteiger partial charge in [0.05, 0.1) is 5.39 Å². The second-order valence-electron chi connectivity index (χ2n) is 6.15. The highest BCUT2D eigenvalue weighted by molar-refractivity contribution is 5.86. The van der Waals surface area contributed by atoms with Gasteiger partial charge in [0, 0.05) is 15.7 Å². The van der Waals surface area contributed by atoms with E-state index in [1.165, 1.54) is 18.3 Å². The maximum atomic E-state index is 13.4. The van der Waals surface area contributed by atoms with Crippen LogP contribution >= 0.6 is 0 Å². The fourth-order valence-electron chi connectivity index (χ4n) is 2.19. The van der Waals surface area contributed by atoms with Crippen LogP contribution in [0.4, 0.5) is 9.18 Å². The Bertz CT molecular complexity index is 723. The van der Waals surface area contributed by atoms with E-state index in [0.717, 1.165) is 10.3 Å². The third-order valence-corrected chi connectivity index (χ3v) is 3.11. The molecular formula is C16H20FN2O3+. The first kappa shape index (κ1) is 16.0. The average molecular weight is 307 g/mol. The molecule has 0 atom stereocenters. The van der Waals surface area contributed by atoms with Crippen LogP contribution in [0.25, 0.3) is 10.8 Å². The van der Waals surface area contributed by atoms with Gasteiger partial charge in [0.2, 0.25) is 6.20 Å². The van der Waals surface area contributed by atoms with E-state index < -0.39 is 11.7 Å². The van der Waals surface area contributed by atoms with Crippen LogP contribution < -0.4 is 10.0 Å². The molecule has 0 unspecified atom stereocenters. The van der Waals surface area contributed by atoms with Crippen molar-refractivity contribution < 1.29 is 23.9 Å². The van der Waals surface area contributed by atoms with Crippen LogP contribution in [0.5, 0.6) is 0 Å². The number of nitrogens with zero attached hydrogens (tertiary/aromatic N) is 1. The standard InChI is InChI=1S/C16H19FN2O3/c1-10-9-19(21)14(8-18-15(20)22-16(2,3)4)12-6-5-11(17)7-13(10)12/h5-7,9H,8H2,1-4H3,(H-,18,20,21)/p+1. The minimum atomic E-state index is -0.599. The normalized spacial score (nSPS) is 11.5. The first-order chi connectivity index (χ1) is 10.2. The first-order valence-corrected chi connectivity index (χ1v) is 6.97. The van der Waals surface area contributed by atoms with E-state index in [1.54, 1.807) is 33.8 Å². The molecule has 0 fully saturated rings. The van der Waals surface area contributed by atoms with Gasteiger partial charge in [-0.05, 0) is 45.9 Å². The van der Waals surface area contributed by atoms with Crippen molar-refractivity contribution in [2.24, 2.45) is 0 Å². The number of rotatable bonds is 2. The molecule has 118 valence electrons. The number of ether oxygens (including phenoxy) is 1. The van der Waals surface area contributed by atoms with Gasteiger partial charge < -0.3 is 10.1 Å². The van der Waals surface area contributed by atoms with Gasteiger partial charge in [-0.3, -0.25) is 5.21 Å². The lowest BCUT2D eigenvalue weighted by molar-refractivity contribution is -0.909. The summed E-state index contributed by atoms with van der Waals surface area (Å²) in [5.74, 6) is -0.350. The average Bonchev–Trinajstić information content (AvgIpc) is 2.37. The summed E-state index contributed by atoms with van der Waals surface area (Å²) < 4.78 is 19.5. The van der Waals surface area contributed by atoms with Gasteiger partial charge in [-0.2, -0.15) is 0 Å². The number of nitrogens with one attached hydrogen (secondary N) is 1. The van der Waals surface area contributed by atoms with Crippen molar-refractivity contribution in [1.29, 1.82) is 0 Å². The van der Waals surface area contributed by atoms with E-state index in [2.05, 4.69) is 5.32 Å². The van der Waals surface area contributed by atoms with Crippen LogP contribution in [0, 0.1) is 12.7 Å². The Balaban J connectivity index is 2.30. The molecule has 0 bridgehead atoms. The summed E-state index contributed by atoms with van der Waals surface area (Å²) in [5, 5.41) is 14.0. The van der Waals surface area contributed by atoms with Crippen molar-refractivity contribution in [2.45, 2.75) is 39.8 Å². The van der Waals surface area contributed by atoms with Gasteiger partial charge in [0.1, 0.15) is 18.0 Å². The number of halogens is 1. The van der Waals surface area contributed by atoms with E-state index in [9.17, 15) is 14.4 Å². The van der Waals surface area contributed by atoms with Crippen molar-refractivity contribution in [2.75, 3.05) is 0 Å². The van der Waals surface area contributed by atoms with Crippen LogP contribution in [0.15, 0.2) is 24.4 Å². The maximum absolute atomic E-state index is 13.4. The molecule has 1 heterocycles. The number of hydrogen-bond acceptors (Lipinski definition) is 3. The van der Waals surface area contributed by atoms with E-state index >= 15 is 0 Å². The maximum Gasteiger partial charge on any atom is 0.408 e. The molecule has 0 aliphatic rings. The van der Waals surface area contributed by atoms with Gasteiger partial charge in [-0.15, -0.1) is 0 Å². The summed E-state index contributed by atoms with van der Waals surface area (Å²) in [5.41, 5.74) is 0.585. The van der Waals surface area contributed by atoms with Crippen molar-refractivity contribution in [1.82, 2.24) is 5.32 Å². The van der Waals surface area contributed by atoms with Crippen molar-refractivity contribution in [3.05, 3.63) is 41.5 Å². The summed E-state index contributed by atoms with van der Waals surface area (Å²) in [6.07, 6.45) is 0.900. The fraction of sp³-hybridized carbons (Fsp3) is 0.375. The quantitative estimate of drug-likeness (QED) is 0.662. The minimum absolute atomic E-state index is 0.0633. The second-order valence-corrected chi connectivity index (χ2v) is 6.15. The van der Waals surface area contributed by atoms with Crippen LogP contribution in [-0.4, -0.2) is 16.9 Å². The van der Waals surface area contributed by atoms with Crippen molar-refractivity contribution >= 4 is 16.9 Å². The summed E-state index contributed by atoms with van der Waals surface area (Å²) in [4.78, 5) is 11.7. The monoisotopic (exact) mass is 307 g/mol. The smallest absolute Gasteiger partial charge is 0.408 e. The summed E-state index contributed by atoms with van der Waals surface area (Å²) in [7, 11) is 0. The lowest BCUT2D eigenvalue weighted by atomic mass is 10.1. The number of benzene rings is 1. The number of aryl methyl sites for hydroxylation is 1. The first-order valence-electron chi connectivity index (χ1n) is 6.97. The molecule has 0 aliphatic heterocycles. The van der Waals surface area contributed by atoms with E-state index in [4.69, 9.17) is 4.74 Å². The zero-order chi connectivity index (χ0) is 16.5. The lowest BCUT2D eigenvalue weighted by Crippen LogP contribution is -2.40. The number of hydrogen-bond donors (Lipinski definition) is 2. The van der Waals surface area contributed by atoms with E-state index in [-0.39, 0.29) is 12.4 Å². The molecule has 1 aromatic carbocycles. The fourth-order valence-corrected chi connectivity index (χ4v) is 2.19. The largest absolute Gasteiger partial charge is 0.444 e. The van der Waals surface area contributed by atoms with Crippen LogP contribution in [0.3, 0.4) is 0 Å². The molecule has 0 radical (unpaired) electrons. The number of amides is 1. The molecule has 2 N–H and O–H groups in total. The summed E-state index contributed by atoms with van der Waals surface area (Å²) in [6.45, 7) is 7.14. The van der Waals surface area contributed by atoms with Crippen LogP contribution in [0.1, 0.15) is 32.0 Å². The molecule has 1 amide bonds. The Kier molecular flexibility index (Phi) is 4.21. The Morgan fingerprint density at radius 1 is 1.36 bits per heavy atom.